The molecule has 0 fully saturated rings. The summed E-state index contributed by atoms with van der Waals surface area (Å²) in [5.41, 5.74) is 1.12. The van der Waals surface area contributed by atoms with Gasteiger partial charge >= 0.3 is 5.91 Å². The molecule has 3 heteroatoms. The van der Waals surface area contributed by atoms with Crippen molar-refractivity contribution >= 4 is 12.1 Å². The lowest BCUT2D eigenvalue weighted by Gasteiger charge is -1.93. The Balaban J connectivity index is 1.93. The fourth-order valence-electron chi connectivity index (χ4n) is 1.31. The van der Waals surface area contributed by atoms with E-state index in [0.717, 1.165) is 5.56 Å². The average Bonchev–Trinajstić information content (AvgIpc) is 2.84. The summed E-state index contributed by atoms with van der Waals surface area (Å²) >= 11 is 0. The van der Waals surface area contributed by atoms with Gasteiger partial charge in [-0.15, -0.1) is 0 Å². The predicted octanol–water partition coefficient (Wildman–Crippen LogP) is 2.73. The molecule has 16 heavy (non-hydrogen) atoms. The van der Waals surface area contributed by atoms with Crippen LogP contribution in [0.3, 0.4) is 0 Å². The van der Waals surface area contributed by atoms with Gasteiger partial charge in [-0.1, -0.05) is 30.3 Å². The Morgan fingerprint density at radius 1 is 1.19 bits per heavy atom. The lowest BCUT2D eigenvalue weighted by atomic mass is 10.2. The highest BCUT2D eigenvalue weighted by atomic mass is 16.3. The second-order valence-electron chi connectivity index (χ2n) is 3.28. The summed E-state index contributed by atoms with van der Waals surface area (Å²) in [6.45, 7) is 0. The molecule has 1 aromatic carbocycles. The van der Waals surface area contributed by atoms with Crippen molar-refractivity contribution in [1.29, 1.82) is 0 Å². The van der Waals surface area contributed by atoms with Gasteiger partial charge in [0.2, 0.25) is 0 Å². The van der Waals surface area contributed by atoms with E-state index in [1.54, 1.807) is 18.3 Å². The summed E-state index contributed by atoms with van der Waals surface area (Å²) in [5, 5.41) is 0. The number of carbonyl (C=O) groups is 1. The first kappa shape index (κ1) is 10.4. The number of carbonyl (C=O) groups excluding carboxylic acids is 1. The number of benzene rings is 1. The van der Waals surface area contributed by atoms with E-state index >= 15 is 0 Å². The van der Waals surface area contributed by atoms with Crippen LogP contribution in [0.25, 0.3) is 0 Å². The Hall–Kier alpha value is -2.16. The smallest absolute Gasteiger partial charge is 0.312 e. The molecule has 0 saturated carbocycles. The minimum atomic E-state index is -0.346. The Kier molecular flexibility index (Phi) is 3.28. The van der Waals surface area contributed by atoms with Crippen LogP contribution in [-0.2, 0) is 6.42 Å². The maximum atomic E-state index is 11.4. The summed E-state index contributed by atoms with van der Waals surface area (Å²) < 4.78 is 4.93. The molecule has 0 N–H and O–H groups in total. The molecule has 0 saturated heterocycles. The Labute approximate surface area is 93.4 Å². The van der Waals surface area contributed by atoms with Gasteiger partial charge in [-0.3, -0.25) is 4.79 Å². The van der Waals surface area contributed by atoms with Crippen molar-refractivity contribution in [1.82, 2.24) is 0 Å². The Bertz CT molecular complexity index is 472. The van der Waals surface area contributed by atoms with E-state index in [1.165, 1.54) is 6.26 Å². The number of rotatable bonds is 3. The molecule has 0 atom stereocenters. The van der Waals surface area contributed by atoms with Crippen molar-refractivity contribution in [2.45, 2.75) is 6.42 Å². The number of aliphatic imine (C=N–C) groups is 1. The largest absolute Gasteiger partial charge is 0.459 e. The Morgan fingerprint density at radius 3 is 2.69 bits per heavy atom. The molecule has 0 aliphatic rings. The zero-order valence-electron chi connectivity index (χ0n) is 8.67. The maximum Gasteiger partial charge on any atom is 0.312 e. The summed E-state index contributed by atoms with van der Waals surface area (Å²) in [5.74, 6) is -0.0785. The molecule has 0 radical (unpaired) electrons. The quantitative estimate of drug-likeness (QED) is 0.736. The first-order valence-electron chi connectivity index (χ1n) is 5.00. The number of amides is 1. The van der Waals surface area contributed by atoms with Crippen LogP contribution in [0.2, 0.25) is 0 Å². The van der Waals surface area contributed by atoms with Crippen LogP contribution in [0.1, 0.15) is 16.1 Å². The van der Waals surface area contributed by atoms with Gasteiger partial charge in [0.25, 0.3) is 0 Å². The monoisotopic (exact) mass is 213 g/mol. The van der Waals surface area contributed by atoms with Crippen LogP contribution in [0.15, 0.2) is 58.1 Å². The summed E-state index contributed by atoms with van der Waals surface area (Å²) in [7, 11) is 0. The molecule has 3 nitrogen and oxygen atoms in total. The normalized spacial score (nSPS) is 10.8. The minimum absolute atomic E-state index is 0.268. The zero-order chi connectivity index (χ0) is 11.2. The highest BCUT2D eigenvalue weighted by molar-refractivity contribution is 5.96. The number of hydrogen-bond donors (Lipinski definition) is 0. The highest BCUT2D eigenvalue weighted by Gasteiger charge is 2.04. The summed E-state index contributed by atoms with van der Waals surface area (Å²) in [6, 6.07) is 13.1. The molecule has 0 spiro atoms. The fourth-order valence-corrected chi connectivity index (χ4v) is 1.31. The van der Waals surface area contributed by atoms with Gasteiger partial charge in [0.05, 0.1) is 6.26 Å². The van der Waals surface area contributed by atoms with E-state index < -0.39 is 0 Å². The lowest BCUT2D eigenvalue weighted by molar-refractivity contribution is 0.0977. The van der Waals surface area contributed by atoms with Crippen LogP contribution in [0.5, 0.6) is 0 Å². The SMILES string of the molecule is O=C(N=CCc1ccccc1)c1ccco1. The van der Waals surface area contributed by atoms with Crippen molar-refractivity contribution in [3.05, 3.63) is 60.1 Å². The average molecular weight is 213 g/mol. The first-order chi connectivity index (χ1) is 7.86. The van der Waals surface area contributed by atoms with Crippen LogP contribution in [0.4, 0.5) is 0 Å². The minimum Gasteiger partial charge on any atom is -0.459 e. The lowest BCUT2D eigenvalue weighted by Crippen LogP contribution is -1.94. The first-order valence-corrected chi connectivity index (χ1v) is 5.00. The fraction of sp³-hybridized carbons (Fsp3) is 0.0769. The van der Waals surface area contributed by atoms with Gasteiger partial charge in [0, 0.05) is 12.6 Å². The third-order valence-corrected chi connectivity index (χ3v) is 2.11. The maximum absolute atomic E-state index is 11.4. The zero-order valence-corrected chi connectivity index (χ0v) is 8.67. The third kappa shape index (κ3) is 2.67. The molecule has 0 bridgehead atoms. The summed E-state index contributed by atoms with van der Waals surface area (Å²) in [4.78, 5) is 15.2. The van der Waals surface area contributed by atoms with Crippen molar-refractivity contribution in [3.63, 3.8) is 0 Å². The standard InChI is InChI=1S/C13H11NO2/c15-13(12-7-4-10-16-12)14-9-8-11-5-2-1-3-6-11/h1-7,9-10H,8H2. The van der Waals surface area contributed by atoms with Gasteiger partial charge in [-0.2, -0.15) is 0 Å². The highest BCUT2D eigenvalue weighted by Crippen LogP contribution is 2.02. The van der Waals surface area contributed by atoms with E-state index in [9.17, 15) is 4.79 Å². The molecule has 1 aromatic heterocycles. The van der Waals surface area contributed by atoms with E-state index in [4.69, 9.17) is 4.42 Å². The van der Waals surface area contributed by atoms with Gasteiger partial charge in [0.15, 0.2) is 5.76 Å². The molecule has 2 rings (SSSR count). The molecule has 0 unspecified atom stereocenters. The number of nitrogens with zero attached hydrogens (tertiary/aromatic N) is 1. The van der Waals surface area contributed by atoms with Crippen LogP contribution < -0.4 is 0 Å². The molecule has 0 aliphatic carbocycles. The molecule has 2 aromatic rings. The number of hydrogen-bond acceptors (Lipinski definition) is 2. The molecule has 80 valence electrons. The van der Waals surface area contributed by atoms with Gasteiger partial charge in [0.1, 0.15) is 0 Å². The van der Waals surface area contributed by atoms with Crippen LogP contribution in [0, 0.1) is 0 Å². The van der Waals surface area contributed by atoms with Gasteiger partial charge in [-0.25, -0.2) is 4.99 Å². The van der Waals surface area contributed by atoms with Gasteiger partial charge in [-0.05, 0) is 17.7 Å². The van der Waals surface area contributed by atoms with E-state index in [-0.39, 0.29) is 11.7 Å². The third-order valence-electron chi connectivity index (χ3n) is 2.11. The second kappa shape index (κ2) is 5.07. The topological polar surface area (TPSA) is 42.6 Å². The van der Waals surface area contributed by atoms with Crippen molar-refractivity contribution in [3.8, 4) is 0 Å². The summed E-state index contributed by atoms with van der Waals surface area (Å²) in [6.07, 6.45) is 3.70. The van der Waals surface area contributed by atoms with Crippen LogP contribution in [-0.4, -0.2) is 12.1 Å². The van der Waals surface area contributed by atoms with Crippen molar-refractivity contribution < 1.29 is 9.21 Å². The molecular weight excluding hydrogens is 202 g/mol. The van der Waals surface area contributed by atoms with Crippen molar-refractivity contribution in [2.75, 3.05) is 0 Å². The van der Waals surface area contributed by atoms with E-state index in [2.05, 4.69) is 4.99 Å². The Morgan fingerprint density at radius 2 is 2.00 bits per heavy atom. The van der Waals surface area contributed by atoms with E-state index in [1.807, 2.05) is 30.3 Å². The van der Waals surface area contributed by atoms with E-state index in [0.29, 0.717) is 6.42 Å². The molecular formula is C13H11NO2. The molecule has 1 heterocycles. The van der Waals surface area contributed by atoms with Crippen molar-refractivity contribution in [2.24, 2.45) is 4.99 Å². The van der Waals surface area contributed by atoms with Crippen LogP contribution >= 0.6 is 0 Å². The second-order valence-corrected chi connectivity index (χ2v) is 3.28. The predicted molar refractivity (Wildman–Crippen MR) is 61.7 cm³/mol. The molecule has 0 aliphatic heterocycles. The van der Waals surface area contributed by atoms with Gasteiger partial charge < -0.3 is 4.42 Å². The number of furan rings is 1. The molecule has 1 amide bonds.